The summed E-state index contributed by atoms with van der Waals surface area (Å²) in [6, 6.07) is 0. The highest BCUT2D eigenvalue weighted by Crippen LogP contribution is 2.63. The molecule has 1 aromatic rings. The first-order valence-electron chi connectivity index (χ1n) is 5.63. The number of rotatable bonds is 3. The molecule has 1 aromatic heterocycles. The fourth-order valence-electron chi connectivity index (χ4n) is 2.48. The summed E-state index contributed by atoms with van der Waals surface area (Å²) in [4.78, 5) is 4.73. The molecule has 1 aliphatic rings. The van der Waals surface area contributed by atoms with E-state index in [4.69, 9.17) is 10.7 Å². The van der Waals surface area contributed by atoms with Crippen LogP contribution in [0.2, 0.25) is 0 Å². The molecular formula is C12H20N2S. The normalized spacial score (nSPS) is 28.4. The van der Waals surface area contributed by atoms with E-state index < -0.39 is 0 Å². The Labute approximate surface area is 95.9 Å². The summed E-state index contributed by atoms with van der Waals surface area (Å²) in [5.74, 6) is 1.76. The Kier molecular flexibility index (Phi) is 2.63. The van der Waals surface area contributed by atoms with Crippen molar-refractivity contribution in [3.05, 3.63) is 16.1 Å². The minimum atomic E-state index is 0.358. The van der Waals surface area contributed by atoms with E-state index in [2.05, 4.69) is 33.1 Å². The van der Waals surface area contributed by atoms with Crippen LogP contribution >= 0.6 is 11.3 Å². The van der Waals surface area contributed by atoms with Crippen LogP contribution in [0, 0.1) is 11.3 Å². The molecule has 15 heavy (non-hydrogen) atoms. The molecule has 2 nitrogen and oxygen atoms in total. The van der Waals surface area contributed by atoms with Crippen molar-refractivity contribution < 1.29 is 0 Å². The van der Waals surface area contributed by atoms with E-state index >= 15 is 0 Å². The SMILES string of the molecule is CC(C)c1nc([C@@H]2[C@@H](CN)C2(C)C)cs1. The van der Waals surface area contributed by atoms with E-state index in [1.165, 1.54) is 10.7 Å². The Bertz CT molecular complexity index is 354. The lowest BCUT2D eigenvalue weighted by Crippen LogP contribution is -2.05. The summed E-state index contributed by atoms with van der Waals surface area (Å²) in [6.45, 7) is 9.77. The summed E-state index contributed by atoms with van der Waals surface area (Å²) in [5, 5.41) is 3.47. The average molecular weight is 224 g/mol. The van der Waals surface area contributed by atoms with Gasteiger partial charge >= 0.3 is 0 Å². The van der Waals surface area contributed by atoms with Gasteiger partial charge in [-0.15, -0.1) is 11.3 Å². The topological polar surface area (TPSA) is 38.9 Å². The Balaban J connectivity index is 2.18. The average Bonchev–Trinajstić information content (AvgIpc) is 2.58. The number of nitrogens with zero attached hydrogens (tertiary/aromatic N) is 1. The van der Waals surface area contributed by atoms with Crippen LogP contribution < -0.4 is 5.73 Å². The van der Waals surface area contributed by atoms with E-state index in [9.17, 15) is 0 Å². The molecule has 0 amide bonds. The predicted molar refractivity (Wildman–Crippen MR) is 65.3 cm³/mol. The van der Waals surface area contributed by atoms with Crippen molar-refractivity contribution >= 4 is 11.3 Å². The van der Waals surface area contributed by atoms with Crippen LogP contribution in [0.5, 0.6) is 0 Å². The Morgan fingerprint density at radius 2 is 2.20 bits per heavy atom. The van der Waals surface area contributed by atoms with Gasteiger partial charge in [0.15, 0.2) is 0 Å². The third kappa shape index (κ3) is 1.72. The van der Waals surface area contributed by atoms with Crippen molar-refractivity contribution in [1.82, 2.24) is 4.98 Å². The molecule has 0 aliphatic heterocycles. The van der Waals surface area contributed by atoms with Crippen LogP contribution in [-0.4, -0.2) is 11.5 Å². The minimum Gasteiger partial charge on any atom is -0.330 e. The molecule has 0 aromatic carbocycles. The third-order valence-corrected chi connectivity index (χ3v) is 4.82. The predicted octanol–water partition coefficient (Wildman–Crippen LogP) is 2.96. The maximum Gasteiger partial charge on any atom is 0.0953 e. The zero-order chi connectivity index (χ0) is 11.2. The summed E-state index contributed by atoms with van der Waals surface area (Å²) < 4.78 is 0. The number of thiazole rings is 1. The molecule has 0 radical (unpaired) electrons. The second kappa shape index (κ2) is 3.56. The maximum atomic E-state index is 5.78. The van der Waals surface area contributed by atoms with Crippen molar-refractivity contribution in [3.8, 4) is 0 Å². The number of hydrogen-bond acceptors (Lipinski definition) is 3. The van der Waals surface area contributed by atoms with Crippen molar-refractivity contribution in [2.45, 2.75) is 39.5 Å². The molecule has 0 saturated heterocycles. The summed E-state index contributed by atoms with van der Waals surface area (Å²) in [6.07, 6.45) is 0. The van der Waals surface area contributed by atoms with Crippen LogP contribution in [0.15, 0.2) is 5.38 Å². The molecule has 0 spiro atoms. The van der Waals surface area contributed by atoms with Gasteiger partial charge in [0.2, 0.25) is 0 Å². The Morgan fingerprint density at radius 1 is 1.53 bits per heavy atom. The fourth-order valence-corrected chi connectivity index (χ4v) is 3.35. The quantitative estimate of drug-likeness (QED) is 0.857. The summed E-state index contributed by atoms with van der Waals surface area (Å²) in [5.41, 5.74) is 7.41. The number of hydrogen-bond donors (Lipinski definition) is 1. The number of nitrogens with two attached hydrogens (primary N) is 1. The highest BCUT2D eigenvalue weighted by Gasteiger charge is 2.58. The maximum absolute atomic E-state index is 5.78. The number of aromatic nitrogens is 1. The minimum absolute atomic E-state index is 0.358. The smallest absolute Gasteiger partial charge is 0.0953 e. The first-order chi connectivity index (χ1) is 6.98. The van der Waals surface area contributed by atoms with E-state index in [1.54, 1.807) is 11.3 Å². The summed E-state index contributed by atoms with van der Waals surface area (Å²) >= 11 is 1.79. The molecule has 1 saturated carbocycles. The van der Waals surface area contributed by atoms with Crippen LogP contribution in [0.3, 0.4) is 0 Å². The van der Waals surface area contributed by atoms with Crippen molar-refractivity contribution in [3.63, 3.8) is 0 Å². The zero-order valence-electron chi connectivity index (χ0n) is 9.95. The lowest BCUT2D eigenvalue weighted by Gasteiger charge is -1.99. The molecule has 84 valence electrons. The first kappa shape index (κ1) is 11.1. The van der Waals surface area contributed by atoms with Crippen molar-refractivity contribution in [1.29, 1.82) is 0 Å². The van der Waals surface area contributed by atoms with Gasteiger partial charge in [0.1, 0.15) is 0 Å². The van der Waals surface area contributed by atoms with Gasteiger partial charge in [0, 0.05) is 17.2 Å². The van der Waals surface area contributed by atoms with Gasteiger partial charge in [-0.05, 0) is 17.9 Å². The van der Waals surface area contributed by atoms with Gasteiger partial charge in [0.25, 0.3) is 0 Å². The Hall–Kier alpha value is -0.410. The molecule has 2 rings (SSSR count). The first-order valence-corrected chi connectivity index (χ1v) is 6.51. The fraction of sp³-hybridized carbons (Fsp3) is 0.750. The largest absolute Gasteiger partial charge is 0.330 e. The highest BCUT2D eigenvalue weighted by atomic mass is 32.1. The monoisotopic (exact) mass is 224 g/mol. The van der Waals surface area contributed by atoms with E-state index in [0.29, 0.717) is 23.2 Å². The van der Waals surface area contributed by atoms with Gasteiger partial charge < -0.3 is 5.73 Å². The summed E-state index contributed by atoms with van der Waals surface area (Å²) in [7, 11) is 0. The molecule has 1 heterocycles. The molecular weight excluding hydrogens is 204 g/mol. The molecule has 2 atom stereocenters. The second-order valence-electron chi connectivity index (χ2n) is 5.41. The van der Waals surface area contributed by atoms with E-state index in [-0.39, 0.29) is 0 Å². The van der Waals surface area contributed by atoms with Crippen molar-refractivity contribution in [2.75, 3.05) is 6.54 Å². The van der Waals surface area contributed by atoms with Gasteiger partial charge in [-0.3, -0.25) is 0 Å². The molecule has 3 heteroatoms. The van der Waals surface area contributed by atoms with Crippen LogP contribution in [0.1, 0.15) is 50.2 Å². The van der Waals surface area contributed by atoms with Gasteiger partial charge in [-0.25, -0.2) is 4.98 Å². The lowest BCUT2D eigenvalue weighted by atomic mass is 10.1. The van der Waals surface area contributed by atoms with E-state index in [0.717, 1.165) is 6.54 Å². The van der Waals surface area contributed by atoms with Crippen LogP contribution in [0.25, 0.3) is 0 Å². The molecule has 1 fully saturated rings. The van der Waals surface area contributed by atoms with Gasteiger partial charge in [-0.2, -0.15) is 0 Å². The standard InChI is InChI=1S/C12H20N2S/c1-7(2)11-14-9(6-15-11)10-8(5-13)12(10,3)4/h6-8,10H,5,13H2,1-4H3/t8-,10+/m1/s1. The molecule has 2 N–H and O–H groups in total. The zero-order valence-corrected chi connectivity index (χ0v) is 10.8. The van der Waals surface area contributed by atoms with E-state index in [1.807, 2.05) is 0 Å². The van der Waals surface area contributed by atoms with Crippen molar-refractivity contribution in [2.24, 2.45) is 17.1 Å². The molecule has 0 unspecified atom stereocenters. The molecule has 0 bridgehead atoms. The van der Waals surface area contributed by atoms with Crippen LogP contribution in [-0.2, 0) is 0 Å². The highest BCUT2D eigenvalue weighted by molar-refractivity contribution is 7.09. The Morgan fingerprint density at radius 3 is 2.60 bits per heavy atom. The van der Waals surface area contributed by atoms with Crippen LogP contribution in [0.4, 0.5) is 0 Å². The van der Waals surface area contributed by atoms with Gasteiger partial charge in [0.05, 0.1) is 10.7 Å². The second-order valence-corrected chi connectivity index (χ2v) is 6.30. The third-order valence-electron chi connectivity index (χ3n) is 3.66. The lowest BCUT2D eigenvalue weighted by molar-refractivity contribution is 0.557. The molecule has 1 aliphatic carbocycles. The van der Waals surface area contributed by atoms with Gasteiger partial charge in [-0.1, -0.05) is 27.7 Å².